The largest absolute Gasteiger partial charge is 0.381 e. The molecular weight excluding hydrogens is 182 g/mol. The maximum Gasteiger partial charge on any atom is 0.0577 e. The van der Waals surface area contributed by atoms with Crippen LogP contribution in [0.5, 0.6) is 0 Å². The van der Waals surface area contributed by atoms with Gasteiger partial charge in [-0.05, 0) is 18.6 Å². The zero-order valence-electron chi connectivity index (χ0n) is 7.76. The zero-order chi connectivity index (χ0) is 9.68. The number of alkyl halides is 1. The number of para-hydroxylation sites is 1. The van der Waals surface area contributed by atoms with E-state index < -0.39 is 0 Å². The molecule has 0 bridgehead atoms. The number of halogens is 1. The average Bonchev–Trinajstić information content (AvgIpc) is 2.15. The molecule has 13 heavy (non-hydrogen) atoms. The van der Waals surface area contributed by atoms with Crippen LogP contribution in [0.15, 0.2) is 36.9 Å². The van der Waals surface area contributed by atoms with Crippen LogP contribution in [-0.2, 0) is 0 Å². The van der Waals surface area contributed by atoms with E-state index in [0.29, 0.717) is 0 Å². The van der Waals surface area contributed by atoms with Crippen LogP contribution in [0.1, 0.15) is 17.9 Å². The number of nitrogens with one attached hydrogen (secondary N) is 1. The van der Waals surface area contributed by atoms with Crippen LogP contribution in [0, 0.1) is 0 Å². The second kappa shape index (κ2) is 4.93. The van der Waals surface area contributed by atoms with Gasteiger partial charge in [0.15, 0.2) is 0 Å². The van der Waals surface area contributed by atoms with Crippen molar-refractivity contribution in [1.29, 1.82) is 0 Å². The Bertz CT molecular complexity index is 281. The minimum absolute atomic E-state index is 0.0357. The molecule has 0 aliphatic rings. The molecule has 1 N–H and O–H groups in total. The van der Waals surface area contributed by atoms with Gasteiger partial charge in [-0.1, -0.05) is 24.3 Å². The van der Waals surface area contributed by atoms with E-state index in [1.807, 2.05) is 37.3 Å². The molecule has 1 unspecified atom stereocenters. The summed E-state index contributed by atoms with van der Waals surface area (Å²) in [5.74, 6) is 0. The van der Waals surface area contributed by atoms with Crippen LogP contribution >= 0.6 is 11.6 Å². The molecule has 2 heteroatoms. The van der Waals surface area contributed by atoms with Gasteiger partial charge in [-0.15, -0.1) is 18.2 Å². The summed E-state index contributed by atoms with van der Waals surface area (Å²) in [5, 5.41) is 3.28. The quantitative estimate of drug-likeness (QED) is 0.572. The van der Waals surface area contributed by atoms with Crippen molar-refractivity contribution in [3.05, 3.63) is 42.5 Å². The maximum absolute atomic E-state index is 6.02. The van der Waals surface area contributed by atoms with E-state index in [4.69, 9.17) is 11.6 Å². The highest BCUT2D eigenvalue weighted by atomic mass is 35.5. The lowest BCUT2D eigenvalue weighted by Gasteiger charge is -2.11. The number of anilines is 1. The molecule has 0 amide bonds. The van der Waals surface area contributed by atoms with Crippen LogP contribution in [0.4, 0.5) is 5.69 Å². The lowest BCUT2D eigenvalue weighted by Crippen LogP contribution is -2.01. The topological polar surface area (TPSA) is 12.0 Å². The molecular formula is C11H14ClN. The van der Waals surface area contributed by atoms with Gasteiger partial charge in [0.1, 0.15) is 0 Å². The fourth-order valence-electron chi connectivity index (χ4n) is 1.19. The summed E-state index contributed by atoms with van der Waals surface area (Å²) >= 11 is 6.02. The third kappa shape index (κ3) is 2.78. The predicted molar refractivity (Wildman–Crippen MR) is 59.4 cm³/mol. The molecule has 70 valence electrons. The number of rotatable bonds is 4. The van der Waals surface area contributed by atoms with E-state index in [1.54, 1.807) is 0 Å². The molecule has 0 fully saturated rings. The van der Waals surface area contributed by atoms with Crippen molar-refractivity contribution in [3.8, 4) is 0 Å². The van der Waals surface area contributed by atoms with Gasteiger partial charge in [-0.25, -0.2) is 0 Å². The summed E-state index contributed by atoms with van der Waals surface area (Å²) in [7, 11) is 0. The van der Waals surface area contributed by atoms with Crippen molar-refractivity contribution in [2.24, 2.45) is 0 Å². The average molecular weight is 196 g/mol. The Morgan fingerprint density at radius 2 is 2.23 bits per heavy atom. The number of hydrogen-bond acceptors (Lipinski definition) is 1. The summed E-state index contributed by atoms with van der Waals surface area (Å²) in [6.45, 7) is 6.39. The van der Waals surface area contributed by atoms with Crippen molar-refractivity contribution < 1.29 is 0 Å². The monoisotopic (exact) mass is 195 g/mol. The van der Waals surface area contributed by atoms with Crippen molar-refractivity contribution in [3.63, 3.8) is 0 Å². The first-order chi connectivity index (χ1) is 6.25. The standard InChI is InChI=1S/C11H14ClN/c1-3-8-13-11-7-5-4-6-10(11)9(2)12/h3-7,9,13H,1,8H2,2H3. The van der Waals surface area contributed by atoms with Crippen molar-refractivity contribution in [1.82, 2.24) is 0 Å². The number of benzene rings is 1. The normalized spacial score (nSPS) is 12.2. The SMILES string of the molecule is C=CCNc1ccccc1C(C)Cl. The predicted octanol–water partition coefficient (Wildman–Crippen LogP) is 3.58. The third-order valence-electron chi connectivity index (χ3n) is 1.83. The highest BCUT2D eigenvalue weighted by Gasteiger charge is 2.05. The van der Waals surface area contributed by atoms with Gasteiger partial charge in [0.2, 0.25) is 0 Å². The highest BCUT2D eigenvalue weighted by molar-refractivity contribution is 6.21. The fourth-order valence-corrected chi connectivity index (χ4v) is 1.38. The van der Waals surface area contributed by atoms with Gasteiger partial charge in [-0.2, -0.15) is 0 Å². The van der Waals surface area contributed by atoms with Crippen LogP contribution < -0.4 is 5.32 Å². The van der Waals surface area contributed by atoms with E-state index in [1.165, 1.54) is 0 Å². The van der Waals surface area contributed by atoms with Gasteiger partial charge < -0.3 is 5.32 Å². The van der Waals surface area contributed by atoms with E-state index in [0.717, 1.165) is 17.8 Å². The van der Waals surface area contributed by atoms with Gasteiger partial charge in [0, 0.05) is 12.2 Å². The van der Waals surface area contributed by atoms with Crippen molar-refractivity contribution >= 4 is 17.3 Å². The first kappa shape index (κ1) is 10.1. The minimum atomic E-state index is 0.0357. The Hall–Kier alpha value is -0.950. The molecule has 1 atom stereocenters. The van der Waals surface area contributed by atoms with Crippen LogP contribution in [0.2, 0.25) is 0 Å². The van der Waals surface area contributed by atoms with Gasteiger partial charge in [0.05, 0.1) is 5.38 Å². The van der Waals surface area contributed by atoms with Gasteiger partial charge in [-0.3, -0.25) is 0 Å². The van der Waals surface area contributed by atoms with Crippen LogP contribution in [0.25, 0.3) is 0 Å². The molecule has 1 rings (SSSR count). The Balaban J connectivity index is 2.84. The number of hydrogen-bond donors (Lipinski definition) is 1. The highest BCUT2D eigenvalue weighted by Crippen LogP contribution is 2.26. The summed E-state index contributed by atoms with van der Waals surface area (Å²) in [6.07, 6.45) is 1.83. The molecule has 1 aromatic rings. The van der Waals surface area contributed by atoms with Gasteiger partial charge >= 0.3 is 0 Å². The van der Waals surface area contributed by atoms with Crippen LogP contribution in [0.3, 0.4) is 0 Å². The second-order valence-corrected chi connectivity index (χ2v) is 3.53. The first-order valence-corrected chi connectivity index (χ1v) is 4.77. The van der Waals surface area contributed by atoms with E-state index in [9.17, 15) is 0 Å². The van der Waals surface area contributed by atoms with Gasteiger partial charge in [0.25, 0.3) is 0 Å². The van der Waals surface area contributed by atoms with Crippen LogP contribution in [-0.4, -0.2) is 6.54 Å². The third-order valence-corrected chi connectivity index (χ3v) is 2.06. The lowest BCUT2D eigenvalue weighted by atomic mass is 10.1. The summed E-state index contributed by atoms with van der Waals surface area (Å²) in [5.41, 5.74) is 2.22. The Morgan fingerprint density at radius 1 is 1.54 bits per heavy atom. The molecule has 0 radical (unpaired) electrons. The zero-order valence-corrected chi connectivity index (χ0v) is 8.51. The molecule has 1 nitrogen and oxygen atoms in total. The minimum Gasteiger partial charge on any atom is -0.381 e. The maximum atomic E-state index is 6.02. The second-order valence-electron chi connectivity index (χ2n) is 2.87. The van der Waals surface area contributed by atoms with E-state index in [2.05, 4.69) is 11.9 Å². The van der Waals surface area contributed by atoms with Crippen molar-refractivity contribution in [2.45, 2.75) is 12.3 Å². The Morgan fingerprint density at radius 3 is 2.85 bits per heavy atom. The lowest BCUT2D eigenvalue weighted by molar-refractivity contribution is 1.08. The molecule has 0 aliphatic carbocycles. The fraction of sp³-hybridized carbons (Fsp3) is 0.273. The Kier molecular flexibility index (Phi) is 3.84. The Labute approximate surface area is 84.4 Å². The molecule has 0 saturated heterocycles. The van der Waals surface area contributed by atoms with Crippen molar-refractivity contribution in [2.75, 3.05) is 11.9 Å². The van der Waals surface area contributed by atoms with E-state index >= 15 is 0 Å². The smallest absolute Gasteiger partial charge is 0.0577 e. The summed E-state index contributed by atoms with van der Waals surface area (Å²) < 4.78 is 0. The summed E-state index contributed by atoms with van der Waals surface area (Å²) in [6, 6.07) is 8.04. The van der Waals surface area contributed by atoms with E-state index in [-0.39, 0.29) is 5.38 Å². The molecule has 0 saturated carbocycles. The molecule has 0 heterocycles. The molecule has 1 aromatic carbocycles. The summed E-state index contributed by atoms with van der Waals surface area (Å²) in [4.78, 5) is 0. The molecule has 0 spiro atoms. The first-order valence-electron chi connectivity index (χ1n) is 4.33. The molecule has 0 aromatic heterocycles. The molecule has 0 aliphatic heterocycles.